The topological polar surface area (TPSA) is 98.2 Å². The first-order valence-electron chi connectivity index (χ1n) is 6.49. The van der Waals surface area contributed by atoms with Gasteiger partial charge < -0.3 is 15.2 Å². The summed E-state index contributed by atoms with van der Waals surface area (Å²) in [5.41, 5.74) is 6.34. The van der Waals surface area contributed by atoms with E-state index in [1.807, 2.05) is 6.07 Å². The summed E-state index contributed by atoms with van der Waals surface area (Å²) >= 11 is 11.4. The van der Waals surface area contributed by atoms with Crippen LogP contribution in [0, 0.1) is 17.3 Å². The summed E-state index contributed by atoms with van der Waals surface area (Å²) < 4.78 is 23.4. The number of esters is 1. The molecule has 0 unspecified atom stereocenters. The van der Waals surface area contributed by atoms with Gasteiger partial charge in [0, 0.05) is 0 Å². The van der Waals surface area contributed by atoms with Crippen molar-refractivity contribution >= 4 is 34.9 Å². The summed E-state index contributed by atoms with van der Waals surface area (Å²) in [6.45, 7) is -0.596. The predicted octanol–water partition coefficient (Wildman–Crippen LogP) is 3.10. The number of rotatable bonds is 5. The molecule has 0 atom stereocenters. The van der Waals surface area contributed by atoms with Crippen molar-refractivity contribution in [2.45, 2.75) is 6.61 Å². The summed E-state index contributed by atoms with van der Waals surface area (Å²) in [5.74, 6) is -2.15. The van der Waals surface area contributed by atoms with E-state index in [4.69, 9.17) is 43.7 Å². The number of benzene rings is 1. The van der Waals surface area contributed by atoms with Crippen molar-refractivity contribution in [3.8, 4) is 11.9 Å². The minimum atomic E-state index is -1.06. The van der Waals surface area contributed by atoms with E-state index in [2.05, 4.69) is 4.98 Å². The van der Waals surface area contributed by atoms with Crippen molar-refractivity contribution in [2.24, 2.45) is 0 Å². The Hall–Kier alpha value is -2.56. The second kappa shape index (κ2) is 7.81. The number of aromatic nitrogens is 1. The molecule has 9 heteroatoms. The van der Waals surface area contributed by atoms with Crippen LogP contribution in [0.25, 0.3) is 0 Å². The third kappa shape index (κ3) is 4.25. The van der Waals surface area contributed by atoms with Crippen LogP contribution in [-0.2, 0) is 16.1 Å². The molecule has 6 nitrogen and oxygen atoms in total. The van der Waals surface area contributed by atoms with Crippen LogP contribution < -0.4 is 10.5 Å². The zero-order valence-corrected chi connectivity index (χ0v) is 13.6. The molecular weight excluding hydrogens is 360 g/mol. The van der Waals surface area contributed by atoms with E-state index in [9.17, 15) is 9.18 Å². The van der Waals surface area contributed by atoms with Crippen molar-refractivity contribution in [1.29, 1.82) is 5.26 Å². The summed E-state index contributed by atoms with van der Waals surface area (Å²) in [5, 5.41) is 8.17. The number of ether oxygens (including phenoxy) is 2. The second-order valence-electron chi connectivity index (χ2n) is 4.51. The molecule has 0 spiro atoms. The van der Waals surface area contributed by atoms with Gasteiger partial charge >= 0.3 is 5.97 Å². The van der Waals surface area contributed by atoms with Gasteiger partial charge in [0.15, 0.2) is 6.61 Å². The van der Waals surface area contributed by atoms with Crippen molar-refractivity contribution < 1.29 is 18.7 Å². The van der Waals surface area contributed by atoms with Crippen LogP contribution in [0.4, 0.5) is 10.1 Å². The van der Waals surface area contributed by atoms with E-state index in [1.54, 1.807) is 24.3 Å². The lowest BCUT2D eigenvalue weighted by Crippen LogP contribution is -2.16. The molecule has 1 aromatic heterocycles. The number of pyridine rings is 1. The van der Waals surface area contributed by atoms with Gasteiger partial charge in [-0.25, -0.2) is 4.79 Å². The molecule has 1 heterocycles. The molecule has 0 saturated carbocycles. The number of hydrogen-bond donors (Lipinski definition) is 1. The molecule has 0 radical (unpaired) electrons. The van der Waals surface area contributed by atoms with Crippen molar-refractivity contribution in [1.82, 2.24) is 4.98 Å². The molecule has 1 aromatic carbocycles. The molecule has 0 fully saturated rings. The fourth-order valence-corrected chi connectivity index (χ4v) is 2.05. The Morgan fingerprint density at radius 2 is 2.12 bits per heavy atom. The highest BCUT2D eigenvalue weighted by atomic mass is 35.5. The van der Waals surface area contributed by atoms with Gasteiger partial charge in [-0.2, -0.15) is 14.6 Å². The Bertz CT molecular complexity index is 824. The lowest BCUT2D eigenvalue weighted by atomic mass is 10.1. The van der Waals surface area contributed by atoms with E-state index in [0.29, 0.717) is 11.1 Å². The lowest BCUT2D eigenvalue weighted by Gasteiger charge is -2.10. The smallest absolute Gasteiger partial charge is 0.344 e. The van der Waals surface area contributed by atoms with Crippen LogP contribution in [0.3, 0.4) is 0 Å². The maximum atomic E-state index is 13.4. The molecule has 2 rings (SSSR count). The highest BCUT2D eigenvalue weighted by Gasteiger charge is 2.17. The Morgan fingerprint density at radius 3 is 2.83 bits per heavy atom. The molecule has 0 bridgehead atoms. The van der Waals surface area contributed by atoms with Gasteiger partial charge in [-0.3, -0.25) is 0 Å². The van der Waals surface area contributed by atoms with E-state index in [-0.39, 0.29) is 23.2 Å². The zero-order valence-electron chi connectivity index (χ0n) is 12.1. The van der Waals surface area contributed by atoms with Crippen LogP contribution in [0.2, 0.25) is 10.0 Å². The van der Waals surface area contributed by atoms with Crippen molar-refractivity contribution in [3.63, 3.8) is 0 Å². The summed E-state index contributed by atoms with van der Waals surface area (Å²) in [7, 11) is 0. The van der Waals surface area contributed by atoms with Crippen molar-refractivity contribution in [2.75, 3.05) is 12.3 Å². The first-order chi connectivity index (χ1) is 11.4. The first-order valence-corrected chi connectivity index (χ1v) is 7.25. The zero-order chi connectivity index (χ0) is 17.7. The van der Waals surface area contributed by atoms with Gasteiger partial charge in [0.2, 0.25) is 11.8 Å². The standard InChI is InChI=1S/C15H10Cl2FN3O3/c16-11-13(20)12(17)15(21-14(11)18)24-7-10(22)23-6-9-3-1-2-8(4-9)5-19/h1-4H,6-7H2,(H2,20,21). The molecule has 0 aliphatic heterocycles. The third-order valence-electron chi connectivity index (χ3n) is 2.82. The van der Waals surface area contributed by atoms with Crippen LogP contribution in [0.1, 0.15) is 11.1 Å². The number of nitrogens with two attached hydrogens (primary N) is 1. The molecule has 0 saturated heterocycles. The summed E-state index contributed by atoms with van der Waals surface area (Å²) in [6.07, 6.45) is 0. The van der Waals surface area contributed by atoms with Crippen molar-refractivity contribution in [3.05, 3.63) is 51.4 Å². The number of nitrogens with zero attached hydrogens (tertiary/aromatic N) is 2. The number of anilines is 1. The lowest BCUT2D eigenvalue weighted by molar-refractivity contribution is -0.147. The average Bonchev–Trinajstić information content (AvgIpc) is 2.60. The summed E-state index contributed by atoms with van der Waals surface area (Å²) in [6, 6.07) is 8.55. The van der Waals surface area contributed by atoms with E-state index in [0.717, 1.165) is 0 Å². The molecule has 24 heavy (non-hydrogen) atoms. The Morgan fingerprint density at radius 1 is 1.38 bits per heavy atom. The van der Waals surface area contributed by atoms with E-state index in [1.165, 1.54) is 0 Å². The van der Waals surface area contributed by atoms with Crippen LogP contribution >= 0.6 is 23.2 Å². The Labute approximate surface area is 146 Å². The van der Waals surface area contributed by atoms with E-state index >= 15 is 0 Å². The largest absolute Gasteiger partial charge is 0.464 e. The number of carbonyl (C=O) groups excluding carboxylic acids is 1. The normalized spacial score (nSPS) is 10.1. The van der Waals surface area contributed by atoms with Gasteiger partial charge in [-0.1, -0.05) is 35.3 Å². The van der Waals surface area contributed by atoms with Gasteiger partial charge in [-0.15, -0.1) is 0 Å². The maximum Gasteiger partial charge on any atom is 0.344 e. The predicted molar refractivity (Wildman–Crippen MR) is 85.1 cm³/mol. The van der Waals surface area contributed by atoms with Crippen LogP contribution in [0.15, 0.2) is 24.3 Å². The molecule has 124 valence electrons. The highest BCUT2D eigenvalue weighted by molar-refractivity contribution is 6.39. The second-order valence-corrected chi connectivity index (χ2v) is 5.27. The number of nitriles is 1. The fraction of sp³-hybridized carbons (Fsp3) is 0.133. The quantitative estimate of drug-likeness (QED) is 0.642. The molecule has 0 aliphatic rings. The monoisotopic (exact) mass is 369 g/mol. The van der Waals surface area contributed by atoms with Gasteiger partial charge in [0.1, 0.15) is 16.7 Å². The number of hydrogen-bond acceptors (Lipinski definition) is 6. The SMILES string of the molecule is N#Cc1cccc(COC(=O)COc2nc(F)c(Cl)c(N)c2Cl)c1. The molecular formula is C15H10Cl2FN3O3. The number of halogens is 3. The highest BCUT2D eigenvalue weighted by Crippen LogP contribution is 2.35. The Kier molecular flexibility index (Phi) is 5.79. The molecule has 0 amide bonds. The van der Waals surface area contributed by atoms with Crippen LogP contribution in [0.5, 0.6) is 5.88 Å². The molecule has 2 aromatic rings. The van der Waals surface area contributed by atoms with Gasteiger partial charge in [0.25, 0.3) is 0 Å². The average molecular weight is 370 g/mol. The number of nitrogen functional groups attached to an aromatic ring is 1. The fourth-order valence-electron chi connectivity index (χ4n) is 1.67. The third-order valence-corrected chi connectivity index (χ3v) is 3.55. The molecule has 2 N–H and O–H groups in total. The maximum absolute atomic E-state index is 13.4. The summed E-state index contributed by atoms with van der Waals surface area (Å²) in [4.78, 5) is 15.0. The van der Waals surface area contributed by atoms with E-state index < -0.39 is 23.5 Å². The molecule has 0 aliphatic carbocycles. The number of carbonyl (C=O) groups is 1. The van der Waals surface area contributed by atoms with Gasteiger partial charge in [-0.05, 0) is 17.7 Å². The Balaban J connectivity index is 1.93. The first kappa shape index (κ1) is 17.8. The van der Waals surface area contributed by atoms with Crippen LogP contribution in [-0.4, -0.2) is 17.6 Å². The minimum absolute atomic E-state index is 0.0456. The minimum Gasteiger partial charge on any atom is -0.464 e. The van der Waals surface area contributed by atoms with Gasteiger partial charge in [0.05, 0.1) is 17.3 Å².